The Morgan fingerprint density at radius 1 is 1.47 bits per heavy atom. The number of amides is 1. The summed E-state index contributed by atoms with van der Waals surface area (Å²) in [5.41, 5.74) is 1.65. The predicted molar refractivity (Wildman–Crippen MR) is 69.5 cm³/mol. The van der Waals surface area contributed by atoms with Gasteiger partial charge in [0.2, 0.25) is 0 Å². The summed E-state index contributed by atoms with van der Waals surface area (Å²) in [6, 6.07) is 4.48. The molecule has 19 heavy (non-hydrogen) atoms. The topological polar surface area (TPSA) is 65.1 Å². The van der Waals surface area contributed by atoms with E-state index >= 15 is 0 Å². The van der Waals surface area contributed by atoms with Gasteiger partial charge in [0, 0.05) is 10.9 Å². The molecule has 0 unspecified atom stereocenters. The molecule has 1 aromatic carbocycles. The van der Waals surface area contributed by atoms with Gasteiger partial charge in [0.1, 0.15) is 11.5 Å². The minimum absolute atomic E-state index is 0.170. The molecule has 0 spiro atoms. The summed E-state index contributed by atoms with van der Waals surface area (Å²) in [5.74, 6) is -0.548. The number of aromatic nitrogens is 1. The Morgan fingerprint density at radius 3 is 2.89 bits per heavy atom. The van der Waals surface area contributed by atoms with Gasteiger partial charge in [-0.1, -0.05) is 0 Å². The van der Waals surface area contributed by atoms with E-state index in [2.05, 4.69) is 10.3 Å². The molecule has 0 bridgehead atoms. The van der Waals surface area contributed by atoms with E-state index < -0.39 is 6.10 Å². The van der Waals surface area contributed by atoms with Gasteiger partial charge in [0.15, 0.2) is 0 Å². The maximum absolute atomic E-state index is 13.4. The number of carbonyl (C=O) groups excluding carboxylic acids is 1. The Hall–Kier alpha value is -1.88. The molecule has 1 heterocycles. The molecule has 4 nitrogen and oxygen atoms in total. The first kappa shape index (κ1) is 12.2. The lowest BCUT2D eigenvalue weighted by atomic mass is 9.89. The second-order valence-electron chi connectivity index (χ2n) is 5.04. The van der Waals surface area contributed by atoms with Gasteiger partial charge >= 0.3 is 0 Å². The standard InChI is InChI=1S/C14H15FN2O2/c1-7-8-6-12(16-10(8)3-2-9(7)15)14(19)17-11-4-5-13(11)18/h2-3,6,11,13,16,18H,4-5H2,1H3,(H,17,19)/t11-,13+/m1/s1. The smallest absolute Gasteiger partial charge is 0.268 e. The van der Waals surface area contributed by atoms with Crippen LogP contribution < -0.4 is 5.32 Å². The highest BCUT2D eigenvalue weighted by Crippen LogP contribution is 2.23. The number of carbonyl (C=O) groups is 1. The first-order valence-electron chi connectivity index (χ1n) is 6.33. The van der Waals surface area contributed by atoms with Crippen LogP contribution in [0, 0.1) is 12.7 Å². The van der Waals surface area contributed by atoms with Crippen molar-refractivity contribution >= 4 is 16.8 Å². The third-order valence-electron chi connectivity index (χ3n) is 3.81. The fraction of sp³-hybridized carbons (Fsp3) is 0.357. The molecule has 0 aliphatic heterocycles. The number of aryl methyl sites for hydroxylation is 1. The number of aliphatic hydroxyl groups is 1. The second-order valence-corrected chi connectivity index (χ2v) is 5.04. The summed E-state index contributed by atoms with van der Waals surface area (Å²) in [7, 11) is 0. The number of aromatic amines is 1. The van der Waals surface area contributed by atoms with Gasteiger partial charge < -0.3 is 15.4 Å². The molecule has 2 atom stereocenters. The highest BCUT2D eigenvalue weighted by Gasteiger charge is 2.30. The molecule has 5 heteroatoms. The zero-order chi connectivity index (χ0) is 13.6. The fourth-order valence-electron chi connectivity index (χ4n) is 2.34. The van der Waals surface area contributed by atoms with E-state index in [1.807, 2.05) is 0 Å². The Kier molecular flexibility index (Phi) is 2.78. The molecule has 3 N–H and O–H groups in total. The van der Waals surface area contributed by atoms with E-state index in [0.717, 1.165) is 18.4 Å². The molecular formula is C14H15FN2O2. The fourth-order valence-corrected chi connectivity index (χ4v) is 2.34. The van der Waals surface area contributed by atoms with Crippen molar-refractivity contribution in [1.82, 2.24) is 10.3 Å². The van der Waals surface area contributed by atoms with Crippen LogP contribution in [0.25, 0.3) is 10.9 Å². The van der Waals surface area contributed by atoms with Gasteiger partial charge in [0.05, 0.1) is 12.1 Å². The SMILES string of the molecule is Cc1c(F)ccc2[nH]c(C(=O)N[C@@H]3CC[C@@H]3O)cc12. The van der Waals surface area contributed by atoms with E-state index in [1.54, 1.807) is 19.1 Å². The quantitative estimate of drug-likeness (QED) is 0.773. The zero-order valence-corrected chi connectivity index (χ0v) is 10.5. The largest absolute Gasteiger partial charge is 0.391 e. The lowest BCUT2D eigenvalue weighted by Crippen LogP contribution is -2.50. The van der Waals surface area contributed by atoms with Gasteiger partial charge in [-0.2, -0.15) is 0 Å². The molecule has 3 rings (SSSR count). The summed E-state index contributed by atoms with van der Waals surface area (Å²) in [6.45, 7) is 1.68. The van der Waals surface area contributed by atoms with Gasteiger partial charge in [0.25, 0.3) is 5.91 Å². The summed E-state index contributed by atoms with van der Waals surface area (Å²) >= 11 is 0. The molecule has 1 saturated carbocycles. The van der Waals surface area contributed by atoms with Crippen LogP contribution in [-0.4, -0.2) is 28.1 Å². The molecule has 0 saturated heterocycles. The van der Waals surface area contributed by atoms with Crippen LogP contribution in [0.4, 0.5) is 4.39 Å². The van der Waals surface area contributed by atoms with Crippen LogP contribution in [0.5, 0.6) is 0 Å². The molecule has 1 aromatic heterocycles. The van der Waals surface area contributed by atoms with Crippen molar-refractivity contribution in [3.8, 4) is 0 Å². The average Bonchev–Trinajstić information content (AvgIpc) is 2.83. The number of fused-ring (bicyclic) bond motifs is 1. The molecule has 1 aliphatic rings. The zero-order valence-electron chi connectivity index (χ0n) is 10.5. The monoisotopic (exact) mass is 262 g/mol. The van der Waals surface area contributed by atoms with E-state index in [4.69, 9.17) is 0 Å². The van der Waals surface area contributed by atoms with Crippen molar-refractivity contribution in [3.63, 3.8) is 0 Å². The number of H-pyrrole nitrogens is 1. The number of aliphatic hydroxyl groups excluding tert-OH is 1. The first-order valence-corrected chi connectivity index (χ1v) is 6.33. The number of rotatable bonds is 2. The molecule has 1 fully saturated rings. The van der Waals surface area contributed by atoms with Crippen molar-refractivity contribution in [2.24, 2.45) is 0 Å². The Morgan fingerprint density at radius 2 is 2.26 bits per heavy atom. The highest BCUT2D eigenvalue weighted by atomic mass is 19.1. The third kappa shape index (κ3) is 2.00. The van der Waals surface area contributed by atoms with E-state index in [1.165, 1.54) is 6.07 Å². The Balaban J connectivity index is 1.88. The van der Waals surface area contributed by atoms with Gasteiger partial charge in [-0.05, 0) is 43.5 Å². The number of hydrogen-bond acceptors (Lipinski definition) is 2. The molecule has 0 radical (unpaired) electrons. The van der Waals surface area contributed by atoms with Crippen LogP contribution in [0.1, 0.15) is 28.9 Å². The van der Waals surface area contributed by atoms with Gasteiger partial charge in [-0.25, -0.2) is 4.39 Å². The minimum atomic E-state index is -0.451. The van der Waals surface area contributed by atoms with Gasteiger partial charge in [-0.3, -0.25) is 4.79 Å². The maximum Gasteiger partial charge on any atom is 0.268 e. The number of hydrogen-bond donors (Lipinski definition) is 3. The van der Waals surface area contributed by atoms with Crippen molar-refractivity contribution in [2.45, 2.75) is 31.9 Å². The normalized spacial score (nSPS) is 22.3. The first-order chi connectivity index (χ1) is 9.06. The number of halogens is 1. The molecule has 100 valence electrons. The summed E-state index contributed by atoms with van der Waals surface area (Å²) < 4.78 is 13.4. The van der Waals surface area contributed by atoms with E-state index in [-0.39, 0.29) is 17.8 Å². The number of benzene rings is 1. The van der Waals surface area contributed by atoms with E-state index in [9.17, 15) is 14.3 Å². The van der Waals surface area contributed by atoms with Gasteiger partial charge in [-0.15, -0.1) is 0 Å². The van der Waals surface area contributed by atoms with Crippen LogP contribution in [0.15, 0.2) is 18.2 Å². The number of nitrogens with one attached hydrogen (secondary N) is 2. The highest BCUT2D eigenvalue weighted by molar-refractivity contribution is 5.99. The second kappa shape index (κ2) is 4.35. The molecule has 1 aliphatic carbocycles. The van der Waals surface area contributed by atoms with Crippen molar-refractivity contribution in [1.29, 1.82) is 0 Å². The third-order valence-corrected chi connectivity index (χ3v) is 3.81. The lowest BCUT2D eigenvalue weighted by molar-refractivity contribution is 0.0446. The summed E-state index contributed by atoms with van der Waals surface area (Å²) in [5, 5.41) is 12.9. The summed E-state index contributed by atoms with van der Waals surface area (Å²) in [6.07, 6.45) is 1.07. The summed E-state index contributed by atoms with van der Waals surface area (Å²) in [4.78, 5) is 15.0. The van der Waals surface area contributed by atoms with Crippen LogP contribution in [-0.2, 0) is 0 Å². The van der Waals surface area contributed by atoms with Crippen molar-refractivity contribution < 1.29 is 14.3 Å². The predicted octanol–water partition coefficient (Wildman–Crippen LogP) is 1.87. The van der Waals surface area contributed by atoms with Crippen molar-refractivity contribution in [2.75, 3.05) is 0 Å². The minimum Gasteiger partial charge on any atom is -0.391 e. The molecule has 1 amide bonds. The molecular weight excluding hydrogens is 247 g/mol. The lowest BCUT2D eigenvalue weighted by Gasteiger charge is -2.32. The van der Waals surface area contributed by atoms with Crippen molar-refractivity contribution in [3.05, 3.63) is 35.3 Å². The van der Waals surface area contributed by atoms with Crippen LogP contribution in [0.3, 0.4) is 0 Å². The van der Waals surface area contributed by atoms with E-state index in [0.29, 0.717) is 16.6 Å². The molecule has 2 aromatic rings. The Labute approximate surface area is 109 Å². The maximum atomic E-state index is 13.4. The van der Waals surface area contributed by atoms with Crippen LogP contribution in [0.2, 0.25) is 0 Å². The Bertz CT molecular complexity index is 650. The van der Waals surface area contributed by atoms with Crippen LogP contribution >= 0.6 is 0 Å². The average molecular weight is 262 g/mol.